The molecule has 4 rings (SSSR count). The van der Waals surface area contributed by atoms with Crippen LogP contribution < -0.4 is 15.0 Å². The van der Waals surface area contributed by atoms with Crippen LogP contribution in [0.1, 0.15) is 27.0 Å². The summed E-state index contributed by atoms with van der Waals surface area (Å²) in [5, 5.41) is 2.99. The lowest BCUT2D eigenvalue weighted by atomic mass is 9.99. The van der Waals surface area contributed by atoms with Gasteiger partial charge in [0.25, 0.3) is 5.91 Å². The van der Waals surface area contributed by atoms with Crippen molar-refractivity contribution in [3.8, 4) is 5.75 Å². The summed E-state index contributed by atoms with van der Waals surface area (Å²) in [6.45, 7) is 3.46. The fraction of sp³-hybridized carbons (Fsp3) is 0.269. The Morgan fingerprint density at radius 1 is 0.935 bits per heavy atom. The topological polar surface area (TPSA) is 50.8 Å². The van der Waals surface area contributed by atoms with E-state index in [9.17, 15) is 4.79 Å². The van der Waals surface area contributed by atoms with Crippen LogP contribution in [-0.2, 0) is 24.2 Å². The van der Waals surface area contributed by atoms with Gasteiger partial charge in [-0.25, -0.2) is 0 Å². The van der Waals surface area contributed by atoms with Gasteiger partial charge in [0.2, 0.25) is 0 Å². The molecule has 5 nitrogen and oxygen atoms in total. The van der Waals surface area contributed by atoms with Crippen LogP contribution >= 0.6 is 0 Å². The molecule has 1 aliphatic heterocycles. The Bertz CT molecular complexity index is 1000. The number of amides is 1. The molecule has 160 valence electrons. The van der Waals surface area contributed by atoms with Crippen molar-refractivity contribution in [3.63, 3.8) is 0 Å². The molecule has 0 saturated carbocycles. The van der Waals surface area contributed by atoms with E-state index in [1.807, 2.05) is 48.5 Å². The van der Waals surface area contributed by atoms with E-state index in [4.69, 9.17) is 9.47 Å². The van der Waals surface area contributed by atoms with Gasteiger partial charge in [-0.3, -0.25) is 4.79 Å². The third kappa shape index (κ3) is 5.44. The summed E-state index contributed by atoms with van der Waals surface area (Å²) < 4.78 is 10.5. The van der Waals surface area contributed by atoms with Crippen LogP contribution in [0.2, 0.25) is 0 Å². The zero-order valence-electron chi connectivity index (χ0n) is 17.8. The van der Waals surface area contributed by atoms with Gasteiger partial charge in [0.05, 0.1) is 6.61 Å². The van der Waals surface area contributed by atoms with E-state index < -0.39 is 0 Å². The number of carbonyl (C=O) groups is 1. The lowest BCUT2D eigenvalue weighted by Crippen LogP contribution is -2.30. The molecule has 0 spiro atoms. The molecule has 3 aromatic carbocycles. The van der Waals surface area contributed by atoms with Crippen molar-refractivity contribution < 1.29 is 14.3 Å². The molecule has 5 heteroatoms. The minimum atomic E-state index is -0.0732. The van der Waals surface area contributed by atoms with Crippen LogP contribution in [-0.4, -0.2) is 32.8 Å². The fourth-order valence-electron chi connectivity index (χ4n) is 3.77. The highest BCUT2D eigenvalue weighted by Gasteiger charge is 2.16. The van der Waals surface area contributed by atoms with E-state index in [1.54, 1.807) is 7.11 Å². The number of nitrogens with one attached hydrogen (secondary N) is 1. The van der Waals surface area contributed by atoms with Crippen LogP contribution in [0.5, 0.6) is 5.75 Å². The molecule has 0 radical (unpaired) electrons. The molecule has 0 aromatic heterocycles. The number of anilines is 1. The number of methoxy groups -OCH3 is 1. The number of hydrogen-bond donors (Lipinski definition) is 1. The Morgan fingerprint density at radius 2 is 1.68 bits per heavy atom. The molecule has 0 bridgehead atoms. The number of hydrogen-bond acceptors (Lipinski definition) is 4. The molecule has 3 aromatic rings. The van der Waals surface area contributed by atoms with E-state index in [-0.39, 0.29) is 5.91 Å². The van der Waals surface area contributed by atoms with Gasteiger partial charge in [0, 0.05) is 38.0 Å². The van der Waals surface area contributed by atoms with Crippen LogP contribution in [0.15, 0.2) is 72.8 Å². The molecule has 0 unspecified atom stereocenters. The summed E-state index contributed by atoms with van der Waals surface area (Å²) in [7, 11) is 1.65. The largest absolute Gasteiger partial charge is 0.491 e. The van der Waals surface area contributed by atoms with Crippen molar-refractivity contribution in [2.45, 2.75) is 19.5 Å². The third-order valence-electron chi connectivity index (χ3n) is 5.56. The monoisotopic (exact) mass is 416 g/mol. The van der Waals surface area contributed by atoms with Crippen molar-refractivity contribution in [2.75, 3.05) is 31.8 Å². The van der Waals surface area contributed by atoms with Crippen molar-refractivity contribution in [3.05, 3.63) is 95.1 Å². The Hall–Kier alpha value is -3.31. The van der Waals surface area contributed by atoms with Crippen molar-refractivity contribution in [2.24, 2.45) is 0 Å². The Kier molecular flexibility index (Phi) is 6.85. The number of fused-ring (bicyclic) bond motifs is 1. The van der Waals surface area contributed by atoms with Gasteiger partial charge in [-0.1, -0.05) is 36.4 Å². The van der Waals surface area contributed by atoms with Crippen LogP contribution in [0, 0.1) is 0 Å². The Morgan fingerprint density at radius 3 is 2.42 bits per heavy atom. The lowest BCUT2D eigenvalue weighted by molar-refractivity contribution is 0.0951. The van der Waals surface area contributed by atoms with E-state index >= 15 is 0 Å². The fourth-order valence-corrected chi connectivity index (χ4v) is 3.77. The first-order valence-electron chi connectivity index (χ1n) is 10.6. The average Bonchev–Trinajstić information content (AvgIpc) is 2.83. The van der Waals surface area contributed by atoms with E-state index in [1.165, 1.54) is 11.1 Å². The maximum absolute atomic E-state index is 12.5. The van der Waals surface area contributed by atoms with Gasteiger partial charge in [-0.15, -0.1) is 0 Å². The van der Waals surface area contributed by atoms with Gasteiger partial charge in [0.1, 0.15) is 12.4 Å². The molecule has 0 saturated heterocycles. The summed E-state index contributed by atoms with van der Waals surface area (Å²) >= 11 is 0. The second-order valence-corrected chi connectivity index (χ2v) is 7.66. The minimum Gasteiger partial charge on any atom is -0.491 e. The summed E-state index contributed by atoms with van der Waals surface area (Å²) in [6.07, 6.45) is 1.05. The first-order chi connectivity index (χ1) is 15.2. The summed E-state index contributed by atoms with van der Waals surface area (Å²) in [5.74, 6) is 0.721. The van der Waals surface area contributed by atoms with Crippen molar-refractivity contribution in [1.82, 2.24) is 5.32 Å². The summed E-state index contributed by atoms with van der Waals surface area (Å²) in [4.78, 5) is 14.9. The highest BCUT2D eigenvalue weighted by Crippen LogP contribution is 2.24. The van der Waals surface area contributed by atoms with Crippen molar-refractivity contribution in [1.29, 1.82) is 0 Å². The highest BCUT2D eigenvalue weighted by molar-refractivity contribution is 5.94. The van der Waals surface area contributed by atoms with Crippen LogP contribution in [0.4, 0.5) is 5.69 Å². The first kappa shape index (κ1) is 20.9. The van der Waals surface area contributed by atoms with E-state index in [0.29, 0.717) is 25.3 Å². The molecule has 0 aliphatic carbocycles. The molecule has 0 fully saturated rings. The number of ether oxygens (including phenoxy) is 2. The number of nitrogens with zero attached hydrogens (tertiary/aromatic N) is 1. The lowest BCUT2D eigenvalue weighted by Gasteiger charge is -2.30. The van der Waals surface area contributed by atoms with E-state index in [0.717, 1.165) is 36.5 Å². The van der Waals surface area contributed by atoms with Crippen LogP contribution in [0.3, 0.4) is 0 Å². The highest BCUT2D eigenvalue weighted by atomic mass is 16.5. The zero-order chi connectivity index (χ0) is 21.5. The predicted octanol–water partition coefficient (Wildman–Crippen LogP) is 4.20. The zero-order valence-corrected chi connectivity index (χ0v) is 17.8. The van der Waals surface area contributed by atoms with Gasteiger partial charge in [-0.05, 0) is 59.5 Å². The Balaban J connectivity index is 1.30. The average molecular weight is 417 g/mol. The molecular formula is C26H28N2O3. The third-order valence-corrected chi connectivity index (χ3v) is 5.56. The van der Waals surface area contributed by atoms with Gasteiger partial charge in [0.15, 0.2) is 0 Å². The second-order valence-electron chi connectivity index (χ2n) is 7.66. The summed E-state index contributed by atoms with van der Waals surface area (Å²) in [5.41, 5.74) is 5.65. The van der Waals surface area contributed by atoms with Crippen molar-refractivity contribution >= 4 is 11.6 Å². The standard InChI is InChI=1S/C26H28N2O3/c1-30-16-17-31-25-12-6-20(7-13-25)18-27-26(29)22-8-10-24(11-9-22)28-15-14-21-4-2-3-5-23(21)19-28/h2-13H,14-19H2,1H3,(H,27,29). The minimum absolute atomic E-state index is 0.0732. The summed E-state index contributed by atoms with van der Waals surface area (Å²) in [6, 6.07) is 24.2. The smallest absolute Gasteiger partial charge is 0.251 e. The molecule has 1 N–H and O–H groups in total. The van der Waals surface area contributed by atoms with Gasteiger partial charge in [-0.2, -0.15) is 0 Å². The van der Waals surface area contributed by atoms with Crippen LogP contribution in [0.25, 0.3) is 0 Å². The molecule has 1 aliphatic rings. The maximum Gasteiger partial charge on any atom is 0.251 e. The first-order valence-corrected chi connectivity index (χ1v) is 10.6. The second kappa shape index (κ2) is 10.1. The normalized spacial score (nSPS) is 12.9. The Labute approximate surface area is 183 Å². The molecular weight excluding hydrogens is 388 g/mol. The van der Waals surface area contributed by atoms with Gasteiger partial charge < -0.3 is 19.7 Å². The molecule has 1 amide bonds. The number of benzene rings is 3. The molecule has 0 atom stereocenters. The predicted molar refractivity (Wildman–Crippen MR) is 123 cm³/mol. The quantitative estimate of drug-likeness (QED) is 0.559. The SMILES string of the molecule is COCCOc1ccc(CNC(=O)c2ccc(N3CCc4ccccc4C3)cc2)cc1. The maximum atomic E-state index is 12.5. The molecule has 31 heavy (non-hydrogen) atoms. The number of rotatable bonds is 8. The molecule has 1 heterocycles. The number of carbonyl (C=O) groups excluding carboxylic acids is 1. The van der Waals surface area contributed by atoms with Gasteiger partial charge >= 0.3 is 0 Å². The van der Waals surface area contributed by atoms with E-state index in [2.05, 4.69) is 34.5 Å².